The first-order valence-electron chi connectivity index (χ1n) is 10.1. The maximum absolute atomic E-state index is 12.3. The molecule has 1 unspecified atom stereocenters. The number of nitriles is 1. The Kier molecular flexibility index (Phi) is 6.50. The van der Waals surface area contributed by atoms with Crippen LogP contribution in [0.25, 0.3) is 6.08 Å². The number of carbonyl (C=O) groups is 2. The van der Waals surface area contributed by atoms with Crippen LogP contribution in [0.2, 0.25) is 0 Å². The van der Waals surface area contributed by atoms with E-state index in [1.807, 2.05) is 17.5 Å². The topological polar surface area (TPSA) is 82.4 Å². The van der Waals surface area contributed by atoms with Gasteiger partial charge in [-0.15, -0.1) is 22.7 Å². The summed E-state index contributed by atoms with van der Waals surface area (Å²) in [6, 6.07) is 6.14. The minimum absolute atomic E-state index is 0.215. The standard InChI is InChI=1S/C22H23N3O3S2/c23-13-18-17-7-5-15(14-28-22(27)25-9-1-2-10-25)12-19(17)30-21(18)24-20(26)8-6-16-4-3-11-29-16/h3-4,6,8,11,15H,1-2,5,7,9-10,12,14H2,(H,24,26). The van der Waals surface area contributed by atoms with Gasteiger partial charge in [0.05, 0.1) is 12.2 Å². The van der Waals surface area contributed by atoms with Crippen LogP contribution in [0.5, 0.6) is 0 Å². The largest absolute Gasteiger partial charge is 0.449 e. The van der Waals surface area contributed by atoms with Gasteiger partial charge in [-0.1, -0.05) is 6.07 Å². The van der Waals surface area contributed by atoms with E-state index in [1.165, 1.54) is 17.4 Å². The average Bonchev–Trinajstić information content (AvgIpc) is 3.51. The summed E-state index contributed by atoms with van der Waals surface area (Å²) in [5.74, 6) is 0.00566. The highest BCUT2D eigenvalue weighted by Crippen LogP contribution is 2.39. The summed E-state index contributed by atoms with van der Waals surface area (Å²) in [5.41, 5.74) is 1.60. The number of amides is 2. The van der Waals surface area contributed by atoms with Crippen molar-refractivity contribution in [2.45, 2.75) is 32.1 Å². The van der Waals surface area contributed by atoms with Crippen molar-refractivity contribution in [1.82, 2.24) is 4.90 Å². The molecule has 0 aromatic carbocycles. The minimum Gasteiger partial charge on any atom is -0.449 e. The average molecular weight is 442 g/mol. The van der Waals surface area contributed by atoms with E-state index in [4.69, 9.17) is 4.74 Å². The number of rotatable bonds is 5. The molecule has 0 spiro atoms. The number of nitrogens with zero attached hydrogens (tertiary/aromatic N) is 2. The fraction of sp³-hybridized carbons (Fsp3) is 0.409. The first kappa shape index (κ1) is 20.6. The minimum atomic E-state index is -0.241. The van der Waals surface area contributed by atoms with Gasteiger partial charge in [0.25, 0.3) is 0 Å². The molecule has 1 atom stereocenters. The van der Waals surface area contributed by atoms with Crippen LogP contribution in [0, 0.1) is 17.2 Å². The van der Waals surface area contributed by atoms with Crippen molar-refractivity contribution in [2.75, 3.05) is 25.0 Å². The molecular formula is C22H23N3O3S2. The maximum Gasteiger partial charge on any atom is 0.409 e. The highest BCUT2D eigenvalue weighted by atomic mass is 32.1. The summed E-state index contributed by atoms with van der Waals surface area (Å²) >= 11 is 3.03. The Hall–Kier alpha value is -2.63. The Balaban J connectivity index is 1.37. The molecule has 1 fully saturated rings. The number of hydrogen-bond donors (Lipinski definition) is 1. The molecule has 3 heterocycles. The quantitative estimate of drug-likeness (QED) is 0.684. The molecule has 0 bridgehead atoms. The Labute approximate surface area is 183 Å². The second-order valence-corrected chi connectivity index (χ2v) is 9.62. The summed E-state index contributed by atoms with van der Waals surface area (Å²) in [4.78, 5) is 28.3. The highest BCUT2D eigenvalue weighted by Gasteiger charge is 2.28. The van der Waals surface area contributed by atoms with Crippen molar-refractivity contribution in [1.29, 1.82) is 5.26 Å². The number of likely N-dealkylation sites (tertiary alicyclic amines) is 1. The van der Waals surface area contributed by atoms with Gasteiger partial charge in [-0.25, -0.2) is 4.79 Å². The van der Waals surface area contributed by atoms with E-state index in [9.17, 15) is 14.9 Å². The van der Waals surface area contributed by atoms with E-state index in [-0.39, 0.29) is 17.9 Å². The van der Waals surface area contributed by atoms with E-state index >= 15 is 0 Å². The number of hydrogen-bond acceptors (Lipinski definition) is 6. The monoisotopic (exact) mass is 441 g/mol. The fourth-order valence-corrected chi connectivity index (χ4v) is 5.81. The second-order valence-electron chi connectivity index (χ2n) is 7.54. The number of anilines is 1. The van der Waals surface area contributed by atoms with Gasteiger partial charge in [0.15, 0.2) is 0 Å². The third-order valence-electron chi connectivity index (χ3n) is 5.46. The maximum atomic E-state index is 12.3. The third-order valence-corrected chi connectivity index (χ3v) is 7.47. The molecule has 2 amide bonds. The van der Waals surface area contributed by atoms with Crippen LogP contribution in [0.3, 0.4) is 0 Å². The predicted molar refractivity (Wildman–Crippen MR) is 119 cm³/mol. The van der Waals surface area contributed by atoms with E-state index < -0.39 is 0 Å². The summed E-state index contributed by atoms with van der Waals surface area (Å²) in [7, 11) is 0. The van der Waals surface area contributed by atoms with Gasteiger partial charge in [0.1, 0.15) is 11.1 Å². The molecular weight excluding hydrogens is 418 g/mol. The lowest BCUT2D eigenvalue weighted by atomic mass is 9.88. The van der Waals surface area contributed by atoms with Crippen molar-refractivity contribution in [3.8, 4) is 6.07 Å². The van der Waals surface area contributed by atoms with Crippen LogP contribution < -0.4 is 5.32 Å². The van der Waals surface area contributed by atoms with Gasteiger partial charge in [-0.3, -0.25) is 4.79 Å². The van der Waals surface area contributed by atoms with Crippen LogP contribution in [-0.2, 0) is 22.4 Å². The van der Waals surface area contributed by atoms with Crippen molar-refractivity contribution >= 4 is 45.8 Å². The SMILES string of the molecule is N#Cc1c(NC(=O)C=Cc2cccs2)sc2c1CCC(COC(=O)N1CCCC1)C2. The number of fused-ring (bicyclic) bond motifs is 1. The van der Waals surface area contributed by atoms with Crippen molar-refractivity contribution < 1.29 is 14.3 Å². The zero-order valence-corrected chi connectivity index (χ0v) is 18.2. The van der Waals surface area contributed by atoms with Crippen molar-refractivity contribution in [2.24, 2.45) is 5.92 Å². The smallest absolute Gasteiger partial charge is 0.409 e. The Bertz CT molecular complexity index is 982. The Morgan fingerprint density at radius 3 is 2.93 bits per heavy atom. The molecule has 1 N–H and O–H groups in total. The zero-order valence-electron chi connectivity index (χ0n) is 16.6. The molecule has 0 radical (unpaired) electrons. The lowest BCUT2D eigenvalue weighted by Gasteiger charge is -2.23. The van der Waals surface area contributed by atoms with E-state index in [0.717, 1.165) is 60.5 Å². The molecule has 0 saturated carbocycles. The molecule has 156 valence electrons. The molecule has 6 nitrogen and oxygen atoms in total. The Morgan fingerprint density at radius 2 is 2.20 bits per heavy atom. The second kappa shape index (κ2) is 9.45. The van der Waals surface area contributed by atoms with Gasteiger partial charge < -0.3 is 15.0 Å². The van der Waals surface area contributed by atoms with Gasteiger partial charge >= 0.3 is 6.09 Å². The number of nitrogens with one attached hydrogen (secondary N) is 1. The highest BCUT2D eigenvalue weighted by molar-refractivity contribution is 7.16. The molecule has 1 saturated heterocycles. The van der Waals surface area contributed by atoms with Crippen molar-refractivity contribution in [3.63, 3.8) is 0 Å². The van der Waals surface area contributed by atoms with Crippen LogP contribution in [-0.4, -0.2) is 36.6 Å². The molecule has 1 aliphatic carbocycles. The van der Waals surface area contributed by atoms with Crippen LogP contribution in [0.15, 0.2) is 23.6 Å². The molecule has 2 aromatic rings. The third kappa shape index (κ3) is 4.74. The summed E-state index contributed by atoms with van der Waals surface area (Å²) in [5, 5.41) is 15.1. The van der Waals surface area contributed by atoms with Crippen LogP contribution in [0.4, 0.5) is 9.80 Å². The first-order chi connectivity index (χ1) is 14.6. The first-order valence-corrected chi connectivity index (χ1v) is 11.8. The van der Waals surface area contributed by atoms with Gasteiger partial charge in [0, 0.05) is 28.9 Å². The normalized spacial score (nSPS) is 18.2. The number of ether oxygens (including phenoxy) is 1. The molecule has 30 heavy (non-hydrogen) atoms. The van der Waals surface area contributed by atoms with Crippen LogP contribution >= 0.6 is 22.7 Å². The summed E-state index contributed by atoms with van der Waals surface area (Å²) in [6.45, 7) is 1.97. The van der Waals surface area contributed by atoms with E-state index in [0.29, 0.717) is 17.2 Å². The van der Waals surface area contributed by atoms with Gasteiger partial charge in [0.2, 0.25) is 5.91 Å². The summed E-state index contributed by atoms with van der Waals surface area (Å²) < 4.78 is 5.52. The number of thiophene rings is 2. The fourth-order valence-electron chi connectivity index (χ4n) is 3.88. The predicted octanol–water partition coefficient (Wildman–Crippen LogP) is 4.67. The van der Waals surface area contributed by atoms with E-state index in [1.54, 1.807) is 22.3 Å². The van der Waals surface area contributed by atoms with Gasteiger partial charge in [-0.05, 0) is 61.1 Å². The zero-order chi connectivity index (χ0) is 20.9. The molecule has 4 rings (SSSR count). The Morgan fingerprint density at radius 1 is 1.37 bits per heavy atom. The lowest BCUT2D eigenvalue weighted by molar-refractivity contribution is -0.111. The van der Waals surface area contributed by atoms with E-state index in [2.05, 4.69) is 11.4 Å². The lowest BCUT2D eigenvalue weighted by Crippen LogP contribution is -2.30. The molecule has 2 aliphatic rings. The van der Waals surface area contributed by atoms with Gasteiger partial charge in [-0.2, -0.15) is 5.26 Å². The molecule has 8 heteroatoms. The number of carbonyl (C=O) groups excluding carboxylic acids is 2. The molecule has 1 aliphatic heterocycles. The summed E-state index contributed by atoms with van der Waals surface area (Å²) in [6.07, 6.45) is 7.54. The van der Waals surface area contributed by atoms with Crippen molar-refractivity contribution in [3.05, 3.63) is 44.5 Å². The van der Waals surface area contributed by atoms with Crippen LogP contribution in [0.1, 0.15) is 40.1 Å². The molecule has 2 aromatic heterocycles.